The molecule has 104 valence electrons. The number of hydrogen-bond acceptors (Lipinski definition) is 3. The van der Waals surface area contributed by atoms with Crippen LogP contribution in [0.15, 0.2) is 24.3 Å². The molecule has 0 heterocycles. The van der Waals surface area contributed by atoms with Crippen LogP contribution in [0.25, 0.3) is 0 Å². The lowest BCUT2D eigenvalue weighted by Gasteiger charge is -2.13. The highest BCUT2D eigenvalue weighted by Crippen LogP contribution is 2.24. The van der Waals surface area contributed by atoms with Crippen molar-refractivity contribution in [3.8, 4) is 5.75 Å². The number of aliphatic hydroxyl groups excluding tert-OH is 1. The minimum Gasteiger partial charge on any atom is -0.490 e. The van der Waals surface area contributed by atoms with E-state index in [1.165, 1.54) is 12.8 Å². The molecule has 0 bridgehead atoms. The fraction of sp³-hybridized carbons (Fsp3) is 0.533. The van der Waals surface area contributed by atoms with Gasteiger partial charge < -0.3 is 15.2 Å². The molecule has 0 unspecified atom stereocenters. The fourth-order valence-corrected chi connectivity index (χ4v) is 2.23. The summed E-state index contributed by atoms with van der Waals surface area (Å²) in [7, 11) is 0. The molecule has 1 saturated carbocycles. The third-order valence-electron chi connectivity index (χ3n) is 3.28. The molecule has 2 rings (SSSR count). The molecule has 0 aromatic heterocycles. The van der Waals surface area contributed by atoms with Crippen LogP contribution in [0.4, 0.5) is 0 Å². The monoisotopic (exact) mass is 263 g/mol. The van der Waals surface area contributed by atoms with E-state index in [4.69, 9.17) is 9.84 Å². The molecule has 0 aliphatic heterocycles. The van der Waals surface area contributed by atoms with Crippen LogP contribution >= 0.6 is 0 Å². The van der Waals surface area contributed by atoms with E-state index >= 15 is 0 Å². The van der Waals surface area contributed by atoms with E-state index in [1.807, 2.05) is 12.1 Å². The van der Waals surface area contributed by atoms with Crippen molar-refractivity contribution in [2.45, 2.75) is 44.8 Å². The molecule has 1 fully saturated rings. The minimum absolute atomic E-state index is 0.173. The van der Waals surface area contributed by atoms with Crippen LogP contribution in [-0.2, 0) is 0 Å². The quantitative estimate of drug-likeness (QED) is 0.855. The summed E-state index contributed by atoms with van der Waals surface area (Å²) in [6, 6.07) is 7.16. The van der Waals surface area contributed by atoms with E-state index in [9.17, 15) is 4.79 Å². The number of amides is 1. The number of carbonyl (C=O) groups excluding carboxylic acids is 1. The number of nitrogens with one attached hydrogen (secondary N) is 1. The highest BCUT2D eigenvalue weighted by molar-refractivity contribution is 5.94. The fourth-order valence-electron chi connectivity index (χ4n) is 2.23. The summed E-state index contributed by atoms with van der Waals surface area (Å²) < 4.78 is 5.84. The molecular formula is C15H21NO3. The molecule has 2 N–H and O–H groups in total. The second-order valence-corrected chi connectivity index (χ2v) is 5.11. The van der Waals surface area contributed by atoms with Crippen molar-refractivity contribution in [1.82, 2.24) is 5.32 Å². The van der Waals surface area contributed by atoms with E-state index in [-0.39, 0.29) is 12.5 Å². The van der Waals surface area contributed by atoms with Crippen molar-refractivity contribution in [1.29, 1.82) is 0 Å². The van der Waals surface area contributed by atoms with E-state index in [2.05, 4.69) is 5.32 Å². The molecule has 0 saturated heterocycles. The normalized spacial score (nSPS) is 17.2. The minimum atomic E-state index is -0.533. The average Bonchev–Trinajstić information content (AvgIpc) is 2.89. The Morgan fingerprint density at radius 3 is 2.58 bits per heavy atom. The van der Waals surface area contributed by atoms with Gasteiger partial charge in [-0.15, -0.1) is 0 Å². The summed E-state index contributed by atoms with van der Waals surface area (Å²) >= 11 is 0. The zero-order chi connectivity index (χ0) is 13.7. The molecule has 1 aromatic rings. The van der Waals surface area contributed by atoms with E-state index in [1.54, 1.807) is 19.1 Å². The Morgan fingerprint density at radius 1 is 1.37 bits per heavy atom. The second-order valence-electron chi connectivity index (χ2n) is 5.11. The van der Waals surface area contributed by atoms with Gasteiger partial charge in [0.1, 0.15) is 5.75 Å². The van der Waals surface area contributed by atoms with Crippen LogP contribution in [-0.4, -0.2) is 29.8 Å². The summed E-state index contributed by atoms with van der Waals surface area (Å²) in [6.45, 7) is 1.90. The Morgan fingerprint density at radius 2 is 2.00 bits per heavy atom. The maximum absolute atomic E-state index is 11.7. The van der Waals surface area contributed by atoms with Gasteiger partial charge in [-0.2, -0.15) is 0 Å². The van der Waals surface area contributed by atoms with Gasteiger partial charge in [-0.3, -0.25) is 4.79 Å². The zero-order valence-electron chi connectivity index (χ0n) is 11.3. The van der Waals surface area contributed by atoms with Gasteiger partial charge in [-0.05, 0) is 56.9 Å². The maximum Gasteiger partial charge on any atom is 0.251 e. The molecular weight excluding hydrogens is 242 g/mol. The van der Waals surface area contributed by atoms with Crippen LogP contribution < -0.4 is 10.1 Å². The highest BCUT2D eigenvalue weighted by atomic mass is 16.5. The smallest absolute Gasteiger partial charge is 0.251 e. The maximum atomic E-state index is 11.7. The largest absolute Gasteiger partial charge is 0.490 e. The van der Waals surface area contributed by atoms with Crippen molar-refractivity contribution in [3.05, 3.63) is 29.8 Å². The lowest BCUT2D eigenvalue weighted by atomic mass is 10.2. The van der Waals surface area contributed by atoms with Gasteiger partial charge >= 0.3 is 0 Å². The van der Waals surface area contributed by atoms with E-state index in [0.29, 0.717) is 11.7 Å². The van der Waals surface area contributed by atoms with Crippen molar-refractivity contribution in [3.63, 3.8) is 0 Å². The first-order chi connectivity index (χ1) is 9.15. The first-order valence-corrected chi connectivity index (χ1v) is 6.88. The predicted molar refractivity (Wildman–Crippen MR) is 73.3 cm³/mol. The number of hydrogen-bond donors (Lipinski definition) is 2. The summed E-state index contributed by atoms with van der Waals surface area (Å²) in [6.07, 6.45) is 4.52. The van der Waals surface area contributed by atoms with Gasteiger partial charge in [-0.25, -0.2) is 0 Å². The third-order valence-corrected chi connectivity index (χ3v) is 3.28. The first kappa shape index (κ1) is 13.9. The molecule has 1 aliphatic carbocycles. The van der Waals surface area contributed by atoms with Gasteiger partial charge in [0.15, 0.2) is 0 Å². The Balaban J connectivity index is 1.88. The zero-order valence-corrected chi connectivity index (χ0v) is 11.3. The summed E-state index contributed by atoms with van der Waals surface area (Å²) in [4.78, 5) is 11.7. The van der Waals surface area contributed by atoms with E-state index < -0.39 is 6.10 Å². The van der Waals surface area contributed by atoms with Crippen molar-refractivity contribution in [2.75, 3.05) is 6.54 Å². The SMILES string of the molecule is C[C@@H](O)CNC(=O)c1ccc(OC2CCCC2)cc1. The Labute approximate surface area is 113 Å². The van der Waals surface area contributed by atoms with Crippen LogP contribution in [0.3, 0.4) is 0 Å². The lowest BCUT2D eigenvalue weighted by molar-refractivity contribution is 0.0924. The van der Waals surface area contributed by atoms with Gasteiger partial charge in [0.05, 0.1) is 12.2 Å². The Hall–Kier alpha value is -1.55. The summed E-state index contributed by atoms with van der Waals surface area (Å²) in [5.74, 6) is 0.646. The number of carbonyl (C=O) groups is 1. The Kier molecular flexibility index (Phi) is 4.80. The number of aliphatic hydroxyl groups is 1. The topological polar surface area (TPSA) is 58.6 Å². The molecule has 4 nitrogen and oxygen atoms in total. The van der Waals surface area contributed by atoms with Crippen molar-refractivity contribution < 1.29 is 14.6 Å². The lowest BCUT2D eigenvalue weighted by Crippen LogP contribution is -2.30. The molecule has 0 radical (unpaired) electrons. The second kappa shape index (κ2) is 6.57. The van der Waals surface area contributed by atoms with E-state index in [0.717, 1.165) is 18.6 Å². The molecule has 19 heavy (non-hydrogen) atoms. The molecule has 1 aromatic carbocycles. The van der Waals surface area contributed by atoms with Gasteiger partial charge in [0.2, 0.25) is 0 Å². The number of ether oxygens (including phenoxy) is 1. The molecule has 1 atom stereocenters. The molecule has 4 heteroatoms. The van der Waals surface area contributed by atoms with Crippen LogP contribution in [0.1, 0.15) is 43.0 Å². The van der Waals surface area contributed by atoms with Crippen molar-refractivity contribution >= 4 is 5.91 Å². The number of benzene rings is 1. The van der Waals surface area contributed by atoms with Gasteiger partial charge in [0, 0.05) is 12.1 Å². The molecule has 1 amide bonds. The first-order valence-electron chi connectivity index (χ1n) is 6.88. The predicted octanol–water partition coefficient (Wildman–Crippen LogP) is 2.12. The molecule has 0 spiro atoms. The molecule has 1 aliphatic rings. The van der Waals surface area contributed by atoms with Crippen molar-refractivity contribution in [2.24, 2.45) is 0 Å². The summed E-state index contributed by atoms with van der Waals surface area (Å²) in [5, 5.41) is 11.8. The van der Waals surface area contributed by atoms with Gasteiger partial charge in [0.25, 0.3) is 5.91 Å². The van der Waals surface area contributed by atoms with Crippen LogP contribution in [0.5, 0.6) is 5.75 Å². The van der Waals surface area contributed by atoms with Crippen LogP contribution in [0, 0.1) is 0 Å². The average molecular weight is 263 g/mol. The Bertz CT molecular complexity index is 408. The summed E-state index contributed by atoms with van der Waals surface area (Å²) in [5.41, 5.74) is 0.583. The highest BCUT2D eigenvalue weighted by Gasteiger charge is 2.16. The van der Waals surface area contributed by atoms with Gasteiger partial charge in [-0.1, -0.05) is 0 Å². The van der Waals surface area contributed by atoms with Crippen LogP contribution in [0.2, 0.25) is 0 Å². The standard InChI is InChI=1S/C15H21NO3/c1-11(17)10-16-15(18)12-6-8-14(9-7-12)19-13-4-2-3-5-13/h6-9,11,13,17H,2-5,10H2,1H3,(H,16,18)/t11-/m1/s1. The third kappa shape index (κ3) is 4.24. The number of rotatable bonds is 5.